The van der Waals surface area contributed by atoms with Crippen molar-refractivity contribution in [3.05, 3.63) is 35.9 Å². The lowest BCUT2D eigenvalue weighted by atomic mass is 10.2. The van der Waals surface area contributed by atoms with Gasteiger partial charge in [0.25, 0.3) is 0 Å². The van der Waals surface area contributed by atoms with Crippen LogP contribution in [-0.2, 0) is 6.16 Å². The van der Waals surface area contributed by atoms with Gasteiger partial charge in [-0.1, -0.05) is 59.0 Å². The van der Waals surface area contributed by atoms with Gasteiger partial charge in [-0.05, 0) is 23.5 Å². The van der Waals surface area contributed by atoms with E-state index in [0.29, 0.717) is 5.16 Å². The van der Waals surface area contributed by atoms with E-state index in [9.17, 15) is 0 Å². The molecule has 0 aliphatic rings. The van der Waals surface area contributed by atoms with E-state index in [1.807, 2.05) is 0 Å². The molecule has 0 aromatic heterocycles. The van der Waals surface area contributed by atoms with E-state index in [2.05, 4.69) is 57.8 Å². The molecule has 0 aliphatic heterocycles. The van der Waals surface area contributed by atoms with E-state index in [1.54, 1.807) is 0 Å². The summed E-state index contributed by atoms with van der Waals surface area (Å²) < 4.78 is 0. The largest absolute Gasteiger partial charge is 0.0999 e. The monoisotopic (exact) mass is 194 g/mol. The van der Waals surface area contributed by atoms with Crippen molar-refractivity contribution in [2.24, 2.45) is 0 Å². The van der Waals surface area contributed by atoms with Gasteiger partial charge in [0.1, 0.15) is 0 Å². The molecule has 1 atom stereocenters. The van der Waals surface area contributed by atoms with Crippen LogP contribution in [0, 0.1) is 0 Å². The third-order valence-electron chi connectivity index (χ3n) is 2.41. The van der Waals surface area contributed by atoms with E-state index < -0.39 is 0 Å². The highest BCUT2D eigenvalue weighted by atomic mass is 31.1. The van der Waals surface area contributed by atoms with Gasteiger partial charge >= 0.3 is 0 Å². The van der Waals surface area contributed by atoms with Crippen LogP contribution in [0.5, 0.6) is 0 Å². The normalized spacial score (nSPS) is 14.2. The van der Waals surface area contributed by atoms with E-state index >= 15 is 0 Å². The molecule has 1 aromatic rings. The minimum Gasteiger partial charge on any atom is -0.0999 e. The molecule has 1 heteroatoms. The lowest BCUT2D eigenvalue weighted by Crippen LogP contribution is -2.11. The molecular weight excluding hydrogens is 175 g/mol. The highest BCUT2D eigenvalue weighted by molar-refractivity contribution is 7.57. The van der Waals surface area contributed by atoms with Gasteiger partial charge in [0.15, 0.2) is 0 Å². The Morgan fingerprint density at radius 1 is 1.08 bits per heavy atom. The van der Waals surface area contributed by atoms with Crippen molar-refractivity contribution in [1.29, 1.82) is 0 Å². The third-order valence-corrected chi connectivity index (χ3v) is 5.54. The number of rotatable bonds is 2. The maximum atomic E-state index is 2.39. The molecule has 0 radical (unpaired) electrons. The topological polar surface area (TPSA) is 0 Å². The van der Waals surface area contributed by atoms with Crippen LogP contribution >= 0.6 is 7.92 Å². The van der Waals surface area contributed by atoms with Crippen molar-refractivity contribution in [2.75, 3.05) is 6.66 Å². The summed E-state index contributed by atoms with van der Waals surface area (Å²) in [7, 11) is 0.102. The van der Waals surface area contributed by atoms with Crippen LogP contribution < -0.4 is 0 Å². The standard InChI is InChI=1S/C12H19P/c1-12(2,3)13(4)10-11-8-6-5-7-9-11/h5-9H,10H2,1-4H3. The lowest BCUT2D eigenvalue weighted by Gasteiger charge is -2.27. The molecule has 1 unspecified atom stereocenters. The van der Waals surface area contributed by atoms with Crippen LogP contribution in [-0.4, -0.2) is 11.8 Å². The zero-order chi connectivity index (χ0) is 9.90. The Balaban J connectivity index is 2.61. The molecule has 0 saturated carbocycles. The highest BCUT2D eigenvalue weighted by Gasteiger charge is 2.18. The van der Waals surface area contributed by atoms with Crippen LogP contribution in [0.4, 0.5) is 0 Å². The van der Waals surface area contributed by atoms with E-state index in [0.717, 1.165) is 0 Å². The van der Waals surface area contributed by atoms with E-state index in [1.165, 1.54) is 11.7 Å². The molecule has 0 heterocycles. The van der Waals surface area contributed by atoms with Crippen molar-refractivity contribution in [3.8, 4) is 0 Å². The second kappa shape index (κ2) is 4.24. The van der Waals surface area contributed by atoms with Crippen LogP contribution in [0.1, 0.15) is 26.3 Å². The first-order chi connectivity index (χ1) is 6.00. The van der Waals surface area contributed by atoms with E-state index in [4.69, 9.17) is 0 Å². The molecule has 0 spiro atoms. The fourth-order valence-corrected chi connectivity index (χ4v) is 2.33. The Kier molecular flexibility index (Phi) is 3.50. The fraction of sp³-hybridized carbons (Fsp3) is 0.500. The van der Waals surface area contributed by atoms with Crippen molar-refractivity contribution < 1.29 is 0 Å². The first-order valence-corrected chi connectivity index (χ1v) is 6.73. The minimum absolute atomic E-state index is 0.102. The maximum Gasteiger partial charge on any atom is -0.00709 e. The Morgan fingerprint density at radius 3 is 2.08 bits per heavy atom. The molecule has 1 rings (SSSR count). The zero-order valence-corrected chi connectivity index (χ0v) is 9.94. The Morgan fingerprint density at radius 2 is 1.62 bits per heavy atom. The summed E-state index contributed by atoms with van der Waals surface area (Å²) in [5, 5.41) is 0.477. The average molecular weight is 194 g/mol. The first kappa shape index (κ1) is 10.7. The summed E-state index contributed by atoms with van der Waals surface area (Å²) in [6.45, 7) is 9.40. The molecule has 0 amide bonds. The lowest BCUT2D eigenvalue weighted by molar-refractivity contribution is 0.782. The van der Waals surface area contributed by atoms with Crippen molar-refractivity contribution in [3.63, 3.8) is 0 Å². The highest BCUT2D eigenvalue weighted by Crippen LogP contribution is 2.48. The minimum atomic E-state index is 0.102. The zero-order valence-electron chi connectivity index (χ0n) is 9.04. The molecular formula is C12H19P. The summed E-state index contributed by atoms with van der Waals surface area (Å²) in [5.41, 5.74) is 1.48. The van der Waals surface area contributed by atoms with Crippen LogP contribution in [0.25, 0.3) is 0 Å². The summed E-state index contributed by atoms with van der Waals surface area (Å²) in [4.78, 5) is 0. The van der Waals surface area contributed by atoms with Gasteiger partial charge in [0.05, 0.1) is 0 Å². The Bertz CT molecular complexity index is 246. The predicted octanol–water partition coefficient (Wildman–Crippen LogP) is 4.10. The second-order valence-electron chi connectivity index (χ2n) is 4.51. The predicted molar refractivity (Wildman–Crippen MR) is 62.7 cm³/mol. The smallest absolute Gasteiger partial charge is 0.00709 e. The number of hydrogen-bond acceptors (Lipinski definition) is 0. The number of benzene rings is 1. The van der Waals surface area contributed by atoms with Gasteiger partial charge in [-0.2, -0.15) is 0 Å². The van der Waals surface area contributed by atoms with Gasteiger partial charge in [0.2, 0.25) is 0 Å². The summed E-state index contributed by atoms with van der Waals surface area (Å²) >= 11 is 0. The third kappa shape index (κ3) is 3.48. The Hall–Kier alpha value is -0.350. The molecule has 0 bridgehead atoms. The van der Waals surface area contributed by atoms with E-state index in [-0.39, 0.29) is 7.92 Å². The quantitative estimate of drug-likeness (QED) is 0.622. The van der Waals surface area contributed by atoms with Gasteiger partial charge in [0, 0.05) is 0 Å². The Labute approximate surface area is 83.1 Å². The van der Waals surface area contributed by atoms with Crippen molar-refractivity contribution in [1.82, 2.24) is 0 Å². The molecule has 1 aromatic carbocycles. The van der Waals surface area contributed by atoms with Crippen molar-refractivity contribution in [2.45, 2.75) is 32.1 Å². The molecule has 0 N–H and O–H groups in total. The summed E-state index contributed by atoms with van der Waals surface area (Å²) in [6, 6.07) is 10.8. The van der Waals surface area contributed by atoms with Crippen LogP contribution in [0.3, 0.4) is 0 Å². The summed E-state index contributed by atoms with van der Waals surface area (Å²) in [6.07, 6.45) is 1.25. The summed E-state index contributed by atoms with van der Waals surface area (Å²) in [5.74, 6) is 0. The first-order valence-electron chi connectivity index (χ1n) is 4.75. The molecule has 0 nitrogen and oxygen atoms in total. The maximum absolute atomic E-state index is 2.39. The fourth-order valence-electron chi connectivity index (χ4n) is 1.09. The molecule has 0 fully saturated rings. The van der Waals surface area contributed by atoms with Crippen LogP contribution in [0.2, 0.25) is 0 Å². The SMILES string of the molecule is CP(Cc1ccccc1)C(C)(C)C. The molecule has 0 aliphatic carbocycles. The second-order valence-corrected chi connectivity index (χ2v) is 7.57. The molecule has 13 heavy (non-hydrogen) atoms. The number of hydrogen-bond donors (Lipinski definition) is 0. The van der Waals surface area contributed by atoms with Gasteiger partial charge < -0.3 is 0 Å². The van der Waals surface area contributed by atoms with Crippen molar-refractivity contribution >= 4 is 7.92 Å². The van der Waals surface area contributed by atoms with Crippen LogP contribution in [0.15, 0.2) is 30.3 Å². The molecule has 72 valence electrons. The van der Waals surface area contributed by atoms with Gasteiger partial charge in [-0.15, -0.1) is 0 Å². The van der Waals surface area contributed by atoms with Gasteiger partial charge in [-0.3, -0.25) is 0 Å². The molecule has 0 saturated heterocycles. The van der Waals surface area contributed by atoms with Gasteiger partial charge in [-0.25, -0.2) is 0 Å². The average Bonchev–Trinajstić information content (AvgIpc) is 2.04.